The van der Waals surface area contributed by atoms with Gasteiger partial charge in [0.15, 0.2) is 0 Å². The zero-order chi connectivity index (χ0) is 13.2. The normalized spacial score (nSPS) is 25.8. The largest absolute Gasteiger partial charge is 0.481 e. The third kappa shape index (κ3) is 2.97. The first kappa shape index (κ1) is 14.0. The van der Waals surface area contributed by atoms with Gasteiger partial charge in [-0.1, -0.05) is 6.92 Å². The van der Waals surface area contributed by atoms with Crippen LogP contribution in [0.15, 0.2) is 0 Å². The molecule has 1 aliphatic heterocycles. The summed E-state index contributed by atoms with van der Waals surface area (Å²) in [6.07, 6.45) is 0.719. The molecule has 98 valence electrons. The molecule has 0 aliphatic carbocycles. The van der Waals surface area contributed by atoms with Crippen LogP contribution in [-0.2, 0) is 9.59 Å². The standard InChI is InChI=1S/C12H22N2O3/c1-5-8(2)14-11(17)9(6-10(15)16)13-7-12(14,3)4/h8-9,13H,5-7H2,1-4H3,(H,15,16). The van der Waals surface area contributed by atoms with E-state index in [1.54, 1.807) is 0 Å². The van der Waals surface area contributed by atoms with Gasteiger partial charge in [0, 0.05) is 12.6 Å². The Labute approximate surface area is 102 Å². The molecule has 0 spiro atoms. The second-order valence-electron chi connectivity index (χ2n) is 5.31. The molecule has 0 aromatic carbocycles. The first-order valence-corrected chi connectivity index (χ1v) is 6.08. The smallest absolute Gasteiger partial charge is 0.305 e. The minimum Gasteiger partial charge on any atom is -0.481 e. The fraction of sp³-hybridized carbons (Fsp3) is 0.833. The second-order valence-corrected chi connectivity index (χ2v) is 5.31. The van der Waals surface area contributed by atoms with E-state index in [1.165, 1.54) is 0 Å². The Kier molecular flexibility index (Phi) is 4.14. The average molecular weight is 242 g/mol. The van der Waals surface area contributed by atoms with Gasteiger partial charge in [-0.3, -0.25) is 9.59 Å². The fourth-order valence-corrected chi connectivity index (χ4v) is 2.34. The van der Waals surface area contributed by atoms with Gasteiger partial charge in [-0.25, -0.2) is 0 Å². The number of carbonyl (C=O) groups excluding carboxylic acids is 1. The molecule has 0 saturated carbocycles. The van der Waals surface area contributed by atoms with Gasteiger partial charge in [0.1, 0.15) is 0 Å². The summed E-state index contributed by atoms with van der Waals surface area (Å²) in [7, 11) is 0. The Morgan fingerprint density at radius 2 is 2.24 bits per heavy atom. The van der Waals surface area contributed by atoms with Gasteiger partial charge in [-0.2, -0.15) is 0 Å². The summed E-state index contributed by atoms with van der Waals surface area (Å²) >= 11 is 0. The van der Waals surface area contributed by atoms with Crippen LogP contribution in [0.1, 0.15) is 40.5 Å². The molecule has 0 radical (unpaired) electrons. The number of amides is 1. The maximum absolute atomic E-state index is 12.3. The highest BCUT2D eigenvalue weighted by Gasteiger charge is 2.42. The Hall–Kier alpha value is -1.10. The topological polar surface area (TPSA) is 69.6 Å². The van der Waals surface area contributed by atoms with Gasteiger partial charge < -0.3 is 15.3 Å². The number of nitrogens with zero attached hydrogens (tertiary/aromatic N) is 1. The first-order valence-electron chi connectivity index (χ1n) is 6.08. The van der Waals surface area contributed by atoms with Crippen molar-refractivity contribution in [3.8, 4) is 0 Å². The van der Waals surface area contributed by atoms with E-state index in [0.717, 1.165) is 6.42 Å². The molecule has 1 heterocycles. The molecule has 0 aromatic heterocycles. The molecule has 17 heavy (non-hydrogen) atoms. The molecule has 5 heteroatoms. The monoisotopic (exact) mass is 242 g/mol. The SMILES string of the molecule is CCC(C)N1C(=O)C(CC(=O)O)NCC1(C)C. The molecule has 0 aromatic rings. The van der Waals surface area contributed by atoms with Gasteiger partial charge >= 0.3 is 5.97 Å². The van der Waals surface area contributed by atoms with E-state index in [2.05, 4.69) is 5.32 Å². The van der Waals surface area contributed by atoms with Crippen molar-refractivity contribution in [1.29, 1.82) is 0 Å². The molecule has 1 rings (SSSR count). The van der Waals surface area contributed by atoms with Crippen molar-refractivity contribution in [1.82, 2.24) is 10.2 Å². The lowest BCUT2D eigenvalue weighted by atomic mass is 9.93. The zero-order valence-corrected chi connectivity index (χ0v) is 11.0. The van der Waals surface area contributed by atoms with Crippen LogP contribution in [0.2, 0.25) is 0 Å². The van der Waals surface area contributed by atoms with Crippen LogP contribution in [0.25, 0.3) is 0 Å². The third-order valence-corrected chi connectivity index (χ3v) is 3.38. The average Bonchev–Trinajstić information content (AvgIpc) is 2.21. The van der Waals surface area contributed by atoms with E-state index in [4.69, 9.17) is 5.11 Å². The Morgan fingerprint density at radius 1 is 1.65 bits per heavy atom. The lowest BCUT2D eigenvalue weighted by Gasteiger charge is -2.48. The number of nitrogens with one attached hydrogen (secondary N) is 1. The van der Waals surface area contributed by atoms with Crippen molar-refractivity contribution in [3.63, 3.8) is 0 Å². The number of carboxylic acid groups (broad SMARTS) is 1. The van der Waals surface area contributed by atoms with E-state index in [0.29, 0.717) is 6.54 Å². The molecule has 1 saturated heterocycles. The highest BCUT2D eigenvalue weighted by atomic mass is 16.4. The van der Waals surface area contributed by atoms with Crippen molar-refractivity contribution >= 4 is 11.9 Å². The summed E-state index contributed by atoms with van der Waals surface area (Å²) < 4.78 is 0. The van der Waals surface area contributed by atoms with Crippen LogP contribution < -0.4 is 5.32 Å². The van der Waals surface area contributed by atoms with Crippen molar-refractivity contribution in [3.05, 3.63) is 0 Å². The van der Waals surface area contributed by atoms with Crippen LogP contribution in [0, 0.1) is 0 Å². The number of aliphatic carboxylic acids is 1. The molecule has 1 fully saturated rings. The Bertz CT molecular complexity index is 315. The lowest BCUT2D eigenvalue weighted by molar-refractivity contribution is -0.151. The minimum atomic E-state index is -0.945. The molecular weight excluding hydrogens is 220 g/mol. The molecule has 0 bridgehead atoms. The van der Waals surface area contributed by atoms with Crippen molar-refractivity contribution < 1.29 is 14.7 Å². The summed E-state index contributed by atoms with van der Waals surface area (Å²) in [5.74, 6) is -1.04. The first-order chi connectivity index (χ1) is 7.79. The summed E-state index contributed by atoms with van der Waals surface area (Å²) in [6.45, 7) is 8.66. The lowest BCUT2D eigenvalue weighted by Crippen LogP contribution is -2.67. The van der Waals surface area contributed by atoms with Crippen LogP contribution in [0.4, 0.5) is 0 Å². The molecule has 1 aliphatic rings. The number of carbonyl (C=O) groups is 2. The van der Waals surface area contributed by atoms with Crippen LogP contribution >= 0.6 is 0 Å². The van der Waals surface area contributed by atoms with E-state index < -0.39 is 12.0 Å². The number of carboxylic acids is 1. The van der Waals surface area contributed by atoms with Crippen molar-refractivity contribution in [2.24, 2.45) is 0 Å². The van der Waals surface area contributed by atoms with E-state index >= 15 is 0 Å². The molecule has 1 amide bonds. The number of hydrogen-bond acceptors (Lipinski definition) is 3. The molecule has 2 atom stereocenters. The molecule has 2 N–H and O–H groups in total. The van der Waals surface area contributed by atoms with Crippen molar-refractivity contribution in [2.75, 3.05) is 6.54 Å². The molecule has 2 unspecified atom stereocenters. The predicted octanol–water partition coefficient (Wildman–Crippen LogP) is 0.839. The van der Waals surface area contributed by atoms with E-state index in [9.17, 15) is 9.59 Å². The Morgan fingerprint density at radius 3 is 2.71 bits per heavy atom. The van der Waals surface area contributed by atoms with Gasteiger partial charge in [0.2, 0.25) is 5.91 Å². The zero-order valence-electron chi connectivity index (χ0n) is 11.0. The van der Waals surface area contributed by atoms with Gasteiger partial charge in [-0.05, 0) is 27.2 Å². The summed E-state index contributed by atoms with van der Waals surface area (Å²) in [5.41, 5.74) is -0.262. The fourth-order valence-electron chi connectivity index (χ4n) is 2.34. The van der Waals surface area contributed by atoms with Crippen LogP contribution in [0.3, 0.4) is 0 Å². The highest BCUT2D eigenvalue weighted by Crippen LogP contribution is 2.24. The summed E-state index contributed by atoms with van der Waals surface area (Å²) in [5, 5.41) is 11.8. The maximum Gasteiger partial charge on any atom is 0.305 e. The maximum atomic E-state index is 12.3. The quantitative estimate of drug-likeness (QED) is 0.766. The van der Waals surface area contributed by atoms with Crippen molar-refractivity contribution in [2.45, 2.75) is 58.2 Å². The number of hydrogen-bond donors (Lipinski definition) is 2. The molecule has 5 nitrogen and oxygen atoms in total. The Balaban J connectivity index is 2.88. The van der Waals surface area contributed by atoms with Crippen LogP contribution in [-0.4, -0.2) is 46.1 Å². The van der Waals surface area contributed by atoms with Crippen LogP contribution in [0.5, 0.6) is 0 Å². The van der Waals surface area contributed by atoms with Gasteiger partial charge in [0.25, 0.3) is 0 Å². The third-order valence-electron chi connectivity index (χ3n) is 3.38. The number of rotatable bonds is 4. The van der Waals surface area contributed by atoms with E-state index in [1.807, 2.05) is 32.6 Å². The summed E-state index contributed by atoms with van der Waals surface area (Å²) in [4.78, 5) is 24.8. The highest BCUT2D eigenvalue weighted by molar-refractivity contribution is 5.87. The van der Waals surface area contributed by atoms with E-state index in [-0.39, 0.29) is 23.9 Å². The minimum absolute atomic E-state index is 0.0991. The molecular formula is C12H22N2O3. The summed E-state index contributed by atoms with van der Waals surface area (Å²) in [6, 6.07) is -0.453. The second kappa shape index (κ2) is 5.04. The number of piperazine rings is 1. The predicted molar refractivity (Wildman–Crippen MR) is 64.7 cm³/mol. The van der Waals surface area contributed by atoms with Gasteiger partial charge in [-0.15, -0.1) is 0 Å². The van der Waals surface area contributed by atoms with Gasteiger partial charge in [0.05, 0.1) is 18.0 Å².